The molecule has 1 saturated carbocycles. The fraction of sp³-hybridized carbons (Fsp3) is 0.750. The minimum atomic E-state index is 0.00685. The van der Waals surface area contributed by atoms with Crippen LogP contribution in [-0.2, 0) is 0 Å². The molecule has 90 valence electrons. The van der Waals surface area contributed by atoms with Crippen LogP contribution in [0.1, 0.15) is 51.9 Å². The van der Waals surface area contributed by atoms with E-state index in [1.807, 2.05) is 4.68 Å². The summed E-state index contributed by atoms with van der Waals surface area (Å²) in [5.74, 6) is 0.527. The van der Waals surface area contributed by atoms with Gasteiger partial charge in [-0.2, -0.15) is 5.10 Å². The van der Waals surface area contributed by atoms with Crippen molar-refractivity contribution in [1.82, 2.24) is 9.78 Å². The van der Waals surface area contributed by atoms with Crippen molar-refractivity contribution in [3.8, 4) is 0 Å². The number of nitrogens with zero attached hydrogens (tertiary/aromatic N) is 2. The summed E-state index contributed by atoms with van der Waals surface area (Å²) in [6, 6.07) is 0.308. The molecule has 1 aliphatic rings. The molecule has 0 spiro atoms. The van der Waals surface area contributed by atoms with Crippen molar-refractivity contribution in [3.05, 3.63) is 16.9 Å². The number of rotatable bonds is 3. The average molecular weight is 242 g/mol. The second kappa shape index (κ2) is 3.74. The first-order chi connectivity index (χ1) is 7.34. The molecule has 2 N–H and O–H groups in total. The fourth-order valence-electron chi connectivity index (χ4n) is 2.39. The zero-order chi connectivity index (χ0) is 12.1. The van der Waals surface area contributed by atoms with Crippen LogP contribution in [0.3, 0.4) is 0 Å². The van der Waals surface area contributed by atoms with Crippen LogP contribution in [0.4, 0.5) is 0 Å². The Morgan fingerprint density at radius 2 is 2.12 bits per heavy atom. The molecule has 1 fully saturated rings. The van der Waals surface area contributed by atoms with Gasteiger partial charge in [-0.15, -0.1) is 0 Å². The standard InChI is InChI=1S/C12H20ClN3/c1-7(2)16-11(9(13)6-15-16)10(14)8-5-12(8,3)4/h6-8,10H,5,14H2,1-4H3. The molecular weight excluding hydrogens is 222 g/mol. The topological polar surface area (TPSA) is 43.8 Å². The molecule has 2 rings (SSSR count). The SMILES string of the molecule is CC(C)n1ncc(Cl)c1C(N)C1CC1(C)C. The van der Waals surface area contributed by atoms with Crippen molar-refractivity contribution >= 4 is 11.6 Å². The van der Waals surface area contributed by atoms with E-state index in [0.29, 0.717) is 22.4 Å². The molecule has 4 heteroatoms. The molecule has 3 nitrogen and oxygen atoms in total. The van der Waals surface area contributed by atoms with Crippen molar-refractivity contribution < 1.29 is 0 Å². The van der Waals surface area contributed by atoms with Gasteiger partial charge >= 0.3 is 0 Å². The van der Waals surface area contributed by atoms with Gasteiger partial charge in [-0.3, -0.25) is 4.68 Å². The average Bonchev–Trinajstić information content (AvgIpc) is 2.64. The summed E-state index contributed by atoms with van der Waals surface area (Å²) < 4.78 is 1.95. The molecule has 0 bridgehead atoms. The monoisotopic (exact) mass is 241 g/mol. The van der Waals surface area contributed by atoms with Crippen LogP contribution in [0, 0.1) is 11.3 Å². The highest BCUT2D eigenvalue weighted by Gasteiger charge is 2.50. The van der Waals surface area contributed by atoms with Gasteiger partial charge in [0.2, 0.25) is 0 Å². The van der Waals surface area contributed by atoms with Crippen LogP contribution >= 0.6 is 11.6 Å². The van der Waals surface area contributed by atoms with Gasteiger partial charge in [0.25, 0.3) is 0 Å². The van der Waals surface area contributed by atoms with Crippen molar-refractivity contribution in [2.75, 3.05) is 0 Å². The van der Waals surface area contributed by atoms with Gasteiger partial charge in [0.1, 0.15) is 0 Å². The Morgan fingerprint density at radius 3 is 2.56 bits per heavy atom. The Kier molecular flexibility index (Phi) is 2.79. The zero-order valence-corrected chi connectivity index (χ0v) is 11.1. The first-order valence-electron chi connectivity index (χ1n) is 5.83. The largest absolute Gasteiger partial charge is 0.322 e. The maximum absolute atomic E-state index is 6.31. The van der Waals surface area contributed by atoms with Gasteiger partial charge < -0.3 is 5.73 Å². The molecule has 2 atom stereocenters. The second-order valence-corrected chi connectivity index (χ2v) is 6.15. The van der Waals surface area contributed by atoms with Crippen molar-refractivity contribution in [2.24, 2.45) is 17.1 Å². The number of halogens is 1. The maximum Gasteiger partial charge on any atom is 0.0834 e. The summed E-state index contributed by atoms with van der Waals surface area (Å²) in [6.45, 7) is 8.69. The van der Waals surface area contributed by atoms with E-state index in [0.717, 1.165) is 5.69 Å². The molecule has 0 amide bonds. The predicted octanol–water partition coefficient (Wildman–Crippen LogP) is 3.16. The van der Waals surface area contributed by atoms with Crippen molar-refractivity contribution in [3.63, 3.8) is 0 Å². The van der Waals surface area contributed by atoms with E-state index in [4.69, 9.17) is 17.3 Å². The third kappa shape index (κ3) is 1.87. The molecule has 0 aliphatic heterocycles. The quantitative estimate of drug-likeness (QED) is 0.884. The Morgan fingerprint density at radius 1 is 1.56 bits per heavy atom. The predicted molar refractivity (Wildman–Crippen MR) is 66.4 cm³/mol. The highest BCUT2D eigenvalue weighted by atomic mass is 35.5. The Bertz CT molecular complexity index is 395. The minimum absolute atomic E-state index is 0.00685. The number of aromatic nitrogens is 2. The molecule has 16 heavy (non-hydrogen) atoms. The van der Waals surface area contributed by atoms with Gasteiger partial charge in [0.05, 0.1) is 23.0 Å². The smallest absolute Gasteiger partial charge is 0.0834 e. The van der Waals surface area contributed by atoms with E-state index in [1.54, 1.807) is 6.20 Å². The van der Waals surface area contributed by atoms with Crippen molar-refractivity contribution in [2.45, 2.75) is 46.2 Å². The van der Waals surface area contributed by atoms with Crippen LogP contribution in [0.2, 0.25) is 5.02 Å². The maximum atomic E-state index is 6.31. The van der Waals surface area contributed by atoms with Crippen LogP contribution in [-0.4, -0.2) is 9.78 Å². The molecule has 0 saturated heterocycles. The summed E-state index contributed by atoms with van der Waals surface area (Å²) in [7, 11) is 0. The van der Waals surface area contributed by atoms with Crippen LogP contribution in [0.25, 0.3) is 0 Å². The number of nitrogens with two attached hydrogens (primary N) is 1. The summed E-state index contributed by atoms with van der Waals surface area (Å²) >= 11 is 6.19. The van der Waals surface area contributed by atoms with E-state index in [2.05, 4.69) is 32.8 Å². The van der Waals surface area contributed by atoms with Gasteiger partial charge in [-0.1, -0.05) is 25.4 Å². The van der Waals surface area contributed by atoms with E-state index in [-0.39, 0.29) is 6.04 Å². The minimum Gasteiger partial charge on any atom is -0.322 e. The summed E-state index contributed by atoms with van der Waals surface area (Å²) in [4.78, 5) is 0. The first-order valence-corrected chi connectivity index (χ1v) is 6.21. The lowest BCUT2D eigenvalue weighted by Crippen LogP contribution is -2.21. The molecule has 0 aromatic carbocycles. The van der Waals surface area contributed by atoms with E-state index in [9.17, 15) is 0 Å². The third-order valence-electron chi connectivity index (χ3n) is 3.62. The van der Waals surface area contributed by atoms with E-state index in [1.165, 1.54) is 6.42 Å². The van der Waals surface area contributed by atoms with Gasteiger partial charge in [0, 0.05) is 6.04 Å². The number of hydrogen-bond acceptors (Lipinski definition) is 2. The van der Waals surface area contributed by atoms with Gasteiger partial charge in [-0.25, -0.2) is 0 Å². The molecule has 2 unspecified atom stereocenters. The lowest BCUT2D eigenvalue weighted by Gasteiger charge is -2.18. The molecular formula is C12H20ClN3. The molecule has 1 aliphatic carbocycles. The van der Waals surface area contributed by atoms with E-state index >= 15 is 0 Å². The first kappa shape index (κ1) is 11.9. The van der Waals surface area contributed by atoms with Gasteiger partial charge in [0.15, 0.2) is 0 Å². The van der Waals surface area contributed by atoms with Crippen LogP contribution in [0.5, 0.6) is 0 Å². The second-order valence-electron chi connectivity index (χ2n) is 5.74. The van der Waals surface area contributed by atoms with E-state index < -0.39 is 0 Å². The Balaban J connectivity index is 2.29. The Hall–Kier alpha value is -0.540. The molecule has 1 heterocycles. The lowest BCUT2D eigenvalue weighted by atomic mass is 10.0. The molecule has 0 radical (unpaired) electrons. The molecule has 1 aromatic rings. The third-order valence-corrected chi connectivity index (χ3v) is 3.91. The van der Waals surface area contributed by atoms with Crippen LogP contribution < -0.4 is 5.73 Å². The normalized spacial score (nSPS) is 24.8. The number of hydrogen-bond donors (Lipinski definition) is 1. The van der Waals surface area contributed by atoms with Crippen molar-refractivity contribution in [1.29, 1.82) is 0 Å². The summed E-state index contributed by atoms with van der Waals surface area (Å²) in [5.41, 5.74) is 7.66. The van der Waals surface area contributed by atoms with Crippen LogP contribution in [0.15, 0.2) is 6.20 Å². The van der Waals surface area contributed by atoms with Gasteiger partial charge in [-0.05, 0) is 31.6 Å². The zero-order valence-electron chi connectivity index (χ0n) is 10.4. The lowest BCUT2D eigenvalue weighted by molar-refractivity contribution is 0.434. The molecule has 1 aromatic heterocycles. The summed E-state index contributed by atoms with van der Waals surface area (Å²) in [5, 5.41) is 5.00. The Labute approximate surface area is 102 Å². The highest BCUT2D eigenvalue weighted by Crippen LogP contribution is 2.57. The highest BCUT2D eigenvalue weighted by molar-refractivity contribution is 6.31. The fourth-order valence-corrected chi connectivity index (χ4v) is 2.64. The summed E-state index contributed by atoms with van der Waals surface area (Å²) in [6.07, 6.45) is 2.87.